The molecule has 0 amide bonds. The van der Waals surface area contributed by atoms with Crippen molar-refractivity contribution >= 4 is 21.7 Å². The van der Waals surface area contributed by atoms with Crippen LogP contribution in [0.3, 0.4) is 0 Å². The molecule has 0 spiro atoms. The first-order chi connectivity index (χ1) is 9.60. The van der Waals surface area contributed by atoms with Gasteiger partial charge < -0.3 is 10.1 Å². The van der Waals surface area contributed by atoms with Gasteiger partial charge in [-0.2, -0.15) is 0 Å². The Morgan fingerprint density at radius 2 is 2.10 bits per heavy atom. The average molecular weight is 342 g/mol. The number of nitrogens with one attached hydrogen (secondary N) is 1. The van der Waals surface area contributed by atoms with Crippen LogP contribution in [-0.4, -0.2) is 23.1 Å². The van der Waals surface area contributed by atoms with Gasteiger partial charge in [-0.1, -0.05) is 13.8 Å². The van der Waals surface area contributed by atoms with Gasteiger partial charge in [-0.15, -0.1) is 0 Å². The van der Waals surface area contributed by atoms with Crippen LogP contribution in [0.2, 0.25) is 0 Å². The Morgan fingerprint density at radius 1 is 1.30 bits per heavy atom. The number of nitrogens with zero attached hydrogens (tertiary/aromatic N) is 2. The van der Waals surface area contributed by atoms with E-state index < -0.39 is 0 Å². The summed E-state index contributed by atoms with van der Waals surface area (Å²) in [7, 11) is 0. The average Bonchev–Trinajstić information content (AvgIpc) is 2.47. The monoisotopic (exact) mass is 341 g/mol. The number of anilines is 1. The first-order valence-electron chi connectivity index (χ1n) is 7.55. The van der Waals surface area contributed by atoms with E-state index in [1.807, 2.05) is 0 Å². The van der Waals surface area contributed by atoms with Crippen LogP contribution in [0.5, 0.6) is 0 Å². The molecule has 0 radical (unpaired) electrons. The van der Waals surface area contributed by atoms with E-state index in [9.17, 15) is 0 Å². The van der Waals surface area contributed by atoms with E-state index in [0.717, 1.165) is 60.6 Å². The maximum Gasteiger partial charge on any atom is 0.162 e. The van der Waals surface area contributed by atoms with Crippen molar-refractivity contribution in [2.24, 2.45) is 0 Å². The van der Waals surface area contributed by atoms with Gasteiger partial charge in [0.1, 0.15) is 11.4 Å². The standard InChI is InChI=1S/C15H24BrN3O/c1-4-9-17-13-12(16)11(5-2)18-14(19-13)15(3)8-6-7-10-20-15/h4-10H2,1-3H3,(H,17,18,19). The molecular formula is C15H24BrN3O. The quantitative estimate of drug-likeness (QED) is 0.877. The Kier molecular flexibility index (Phi) is 5.38. The number of hydrogen-bond donors (Lipinski definition) is 1. The smallest absolute Gasteiger partial charge is 0.162 e. The van der Waals surface area contributed by atoms with E-state index in [-0.39, 0.29) is 5.60 Å². The molecule has 2 heterocycles. The molecule has 20 heavy (non-hydrogen) atoms. The highest BCUT2D eigenvalue weighted by atomic mass is 79.9. The molecule has 1 N–H and O–H groups in total. The minimum Gasteiger partial charge on any atom is -0.369 e. The molecule has 1 unspecified atom stereocenters. The van der Waals surface area contributed by atoms with Crippen LogP contribution in [-0.2, 0) is 16.8 Å². The minimum absolute atomic E-state index is 0.342. The molecule has 1 saturated heterocycles. The topological polar surface area (TPSA) is 47.0 Å². The SMILES string of the molecule is CCCNc1nc(C2(C)CCCCO2)nc(CC)c1Br. The van der Waals surface area contributed by atoms with E-state index in [4.69, 9.17) is 14.7 Å². The second-order valence-electron chi connectivity index (χ2n) is 5.47. The van der Waals surface area contributed by atoms with Gasteiger partial charge in [-0.3, -0.25) is 0 Å². The van der Waals surface area contributed by atoms with Gasteiger partial charge >= 0.3 is 0 Å². The third kappa shape index (κ3) is 3.31. The maximum absolute atomic E-state index is 5.98. The largest absolute Gasteiger partial charge is 0.369 e. The Balaban J connectivity index is 2.37. The van der Waals surface area contributed by atoms with Crippen molar-refractivity contribution in [2.75, 3.05) is 18.5 Å². The molecule has 4 nitrogen and oxygen atoms in total. The molecule has 2 rings (SSSR count). The molecule has 5 heteroatoms. The summed E-state index contributed by atoms with van der Waals surface area (Å²) in [6, 6.07) is 0. The zero-order valence-corrected chi connectivity index (χ0v) is 14.2. The molecule has 0 aromatic carbocycles. The van der Waals surface area contributed by atoms with Crippen LogP contribution in [0.4, 0.5) is 5.82 Å². The third-order valence-corrected chi connectivity index (χ3v) is 4.57. The highest BCUT2D eigenvalue weighted by Gasteiger charge is 2.34. The van der Waals surface area contributed by atoms with Gasteiger partial charge in [0.15, 0.2) is 5.82 Å². The fraction of sp³-hybridized carbons (Fsp3) is 0.733. The minimum atomic E-state index is -0.342. The summed E-state index contributed by atoms with van der Waals surface area (Å²) in [5.41, 5.74) is 0.704. The molecule has 1 aliphatic rings. The predicted molar refractivity (Wildman–Crippen MR) is 85.0 cm³/mol. The lowest BCUT2D eigenvalue weighted by atomic mass is 9.95. The molecule has 1 aromatic rings. The lowest BCUT2D eigenvalue weighted by Gasteiger charge is -2.33. The molecule has 1 aromatic heterocycles. The second kappa shape index (κ2) is 6.85. The normalized spacial score (nSPS) is 22.8. The Hall–Kier alpha value is -0.680. The van der Waals surface area contributed by atoms with Crippen molar-refractivity contribution < 1.29 is 4.74 Å². The van der Waals surface area contributed by atoms with Crippen molar-refractivity contribution in [1.29, 1.82) is 0 Å². The molecular weight excluding hydrogens is 318 g/mol. The van der Waals surface area contributed by atoms with Crippen molar-refractivity contribution in [3.8, 4) is 0 Å². The Morgan fingerprint density at radius 3 is 2.70 bits per heavy atom. The van der Waals surface area contributed by atoms with Crippen LogP contribution in [0.1, 0.15) is 58.0 Å². The number of rotatable bonds is 5. The number of aryl methyl sites for hydroxylation is 1. The molecule has 1 aliphatic heterocycles. The molecule has 1 atom stereocenters. The highest BCUT2D eigenvalue weighted by Crippen LogP contribution is 2.35. The summed E-state index contributed by atoms with van der Waals surface area (Å²) in [5, 5.41) is 3.38. The van der Waals surface area contributed by atoms with Crippen molar-refractivity contribution in [3.63, 3.8) is 0 Å². The third-order valence-electron chi connectivity index (χ3n) is 3.74. The summed E-state index contributed by atoms with van der Waals surface area (Å²) < 4.78 is 6.97. The summed E-state index contributed by atoms with van der Waals surface area (Å²) >= 11 is 3.62. The van der Waals surface area contributed by atoms with Crippen molar-refractivity contribution in [3.05, 3.63) is 16.0 Å². The fourth-order valence-corrected chi connectivity index (χ4v) is 3.03. The van der Waals surface area contributed by atoms with E-state index in [1.165, 1.54) is 6.42 Å². The number of hydrogen-bond acceptors (Lipinski definition) is 4. The van der Waals surface area contributed by atoms with E-state index in [1.54, 1.807) is 0 Å². The molecule has 1 fully saturated rings. The molecule has 0 aliphatic carbocycles. The van der Waals surface area contributed by atoms with Crippen molar-refractivity contribution in [1.82, 2.24) is 9.97 Å². The van der Waals surface area contributed by atoms with Crippen LogP contribution in [0.25, 0.3) is 0 Å². The van der Waals surface area contributed by atoms with Crippen LogP contribution < -0.4 is 5.32 Å². The van der Waals surface area contributed by atoms with E-state index >= 15 is 0 Å². The first-order valence-corrected chi connectivity index (χ1v) is 8.34. The predicted octanol–water partition coefficient (Wildman–Crippen LogP) is 4.04. The highest BCUT2D eigenvalue weighted by molar-refractivity contribution is 9.10. The first kappa shape index (κ1) is 15.7. The van der Waals surface area contributed by atoms with Crippen LogP contribution in [0.15, 0.2) is 4.47 Å². The zero-order chi connectivity index (χ0) is 14.6. The molecule has 112 valence electrons. The van der Waals surface area contributed by atoms with Crippen LogP contribution >= 0.6 is 15.9 Å². The summed E-state index contributed by atoms with van der Waals surface area (Å²) in [5.74, 6) is 1.71. The van der Waals surface area contributed by atoms with Gasteiger partial charge in [0.05, 0.1) is 10.2 Å². The molecule has 0 saturated carbocycles. The van der Waals surface area contributed by atoms with Gasteiger partial charge in [-0.05, 0) is 55.0 Å². The fourth-order valence-electron chi connectivity index (χ4n) is 2.44. The number of aromatic nitrogens is 2. The second-order valence-corrected chi connectivity index (χ2v) is 6.27. The van der Waals surface area contributed by atoms with Crippen molar-refractivity contribution in [2.45, 2.75) is 58.5 Å². The lowest BCUT2D eigenvalue weighted by Crippen LogP contribution is -2.33. The van der Waals surface area contributed by atoms with E-state index in [0.29, 0.717) is 0 Å². The summed E-state index contributed by atoms with van der Waals surface area (Å²) in [4.78, 5) is 9.45. The van der Waals surface area contributed by atoms with Gasteiger partial charge in [0, 0.05) is 13.2 Å². The van der Waals surface area contributed by atoms with Gasteiger partial charge in [0.25, 0.3) is 0 Å². The lowest BCUT2D eigenvalue weighted by molar-refractivity contribution is -0.0761. The van der Waals surface area contributed by atoms with Gasteiger partial charge in [-0.25, -0.2) is 9.97 Å². The summed E-state index contributed by atoms with van der Waals surface area (Å²) in [6.45, 7) is 8.09. The molecule has 0 bridgehead atoms. The number of ether oxygens (including phenoxy) is 1. The number of halogens is 1. The zero-order valence-electron chi connectivity index (χ0n) is 12.6. The maximum atomic E-state index is 5.98. The Labute approximate surface area is 129 Å². The summed E-state index contributed by atoms with van der Waals surface area (Å²) in [6.07, 6.45) is 5.25. The Bertz CT molecular complexity index is 459. The van der Waals surface area contributed by atoms with Gasteiger partial charge in [0.2, 0.25) is 0 Å². The van der Waals surface area contributed by atoms with Crippen LogP contribution in [0, 0.1) is 0 Å². The van der Waals surface area contributed by atoms with E-state index in [2.05, 4.69) is 42.0 Å².